The van der Waals surface area contributed by atoms with Gasteiger partial charge in [0.15, 0.2) is 6.10 Å². The Labute approximate surface area is 203 Å². The first-order chi connectivity index (χ1) is 16.4. The van der Waals surface area contributed by atoms with E-state index in [1.807, 2.05) is 6.92 Å². The van der Waals surface area contributed by atoms with Crippen molar-refractivity contribution in [3.05, 3.63) is 46.0 Å². The molecule has 0 aromatic carbocycles. The van der Waals surface area contributed by atoms with Gasteiger partial charge in [-0.1, -0.05) is 19.1 Å². The SMILES string of the molecule is CC[C@H]1O[C@@]2(C)[C@H](OC(C)=O)[C@@]1(C)O[C@@H](C(O)/C=C/C(O)/C=C/c1oc(=O)cc(OC)c1C)[C@@H]2O. The molecule has 3 heterocycles. The topological polar surface area (TPSA) is 145 Å². The molecule has 0 spiro atoms. The molecular weight excluding hydrogens is 460 g/mol. The zero-order chi connectivity index (χ0) is 26.1. The molecule has 2 aliphatic heterocycles. The lowest BCUT2D eigenvalue weighted by molar-refractivity contribution is -0.259. The van der Waals surface area contributed by atoms with Crippen molar-refractivity contribution in [2.45, 2.75) is 88.9 Å². The van der Waals surface area contributed by atoms with Crippen LogP contribution in [0.4, 0.5) is 0 Å². The van der Waals surface area contributed by atoms with Gasteiger partial charge < -0.3 is 38.7 Å². The van der Waals surface area contributed by atoms with Gasteiger partial charge in [-0.3, -0.25) is 4.79 Å². The molecule has 3 N–H and O–H groups in total. The first-order valence-corrected chi connectivity index (χ1v) is 11.5. The summed E-state index contributed by atoms with van der Waals surface area (Å²) in [5, 5.41) is 32.2. The summed E-state index contributed by atoms with van der Waals surface area (Å²) in [5.74, 6) is 0.0608. The highest BCUT2D eigenvalue weighted by atomic mass is 16.7. The number of fused-ring (bicyclic) bond motifs is 2. The predicted molar refractivity (Wildman–Crippen MR) is 125 cm³/mol. The number of carbonyl (C=O) groups excluding carboxylic acids is 1. The lowest BCUT2D eigenvalue weighted by Gasteiger charge is -2.48. The number of rotatable bonds is 8. The molecule has 0 radical (unpaired) electrons. The number of aliphatic hydroxyl groups excluding tert-OH is 3. The normalized spacial score (nSPS) is 34.3. The van der Waals surface area contributed by atoms with Gasteiger partial charge in [0.2, 0.25) is 0 Å². The van der Waals surface area contributed by atoms with Crippen LogP contribution in [0.2, 0.25) is 0 Å². The molecule has 2 saturated heterocycles. The van der Waals surface area contributed by atoms with Crippen LogP contribution in [-0.2, 0) is 19.0 Å². The highest BCUT2D eigenvalue weighted by molar-refractivity contribution is 5.66. The maximum atomic E-state index is 11.7. The average Bonchev–Trinajstić information content (AvgIpc) is 2.96. The van der Waals surface area contributed by atoms with Crippen molar-refractivity contribution in [1.29, 1.82) is 0 Å². The van der Waals surface area contributed by atoms with Crippen molar-refractivity contribution in [3.8, 4) is 5.75 Å². The summed E-state index contributed by atoms with van der Waals surface area (Å²) in [5.41, 5.74) is -2.39. The lowest BCUT2D eigenvalue weighted by atomic mass is 9.76. The predicted octanol–water partition coefficient (Wildman–Crippen LogP) is 1.27. The van der Waals surface area contributed by atoms with Crippen LogP contribution in [0.5, 0.6) is 5.75 Å². The lowest BCUT2D eigenvalue weighted by Crippen LogP contribution is -2.68. The number of hydrogen-bond donors (Lipinski definition) is 3. The van der Waals surface area contributed by atoms with Gasteiger partial charge in [0.1, 0.15) is 41.0 Å². The van der Waals surface area contributed by atoms with E-state index in [0.29, 0.717) is 17.7 Å². The second kappa shape index (κ2) is 10.2. The van der Waals surface area contributed by atoms with Gasteiger partial charge in [-0.2, -0.15) is 0 Å². The van der Waals surface area contributed by atoms with Crippen molar-refractivity contribution in [2.75, 3.05) is 7.11 Å². The van der Waals surface area contributed by atoms with E-state index in [1.54, 1.807) is 20.8 Å². The van der Waals surface area contributed by atoms with Crippen molar-refractivity contribution >= 4 is 12.0 Å². The summed E-state index contributed by atoms with van der Waals surface area (Å²) < 4.78 is 28.0. The van der Waals surface area contributed by atoms with Crippen LogP contribution in [0.15, 0.2) is 33.5 Å². The molecule has 8 atom stereocenters. The fourth-order valence-corrected chi connectivity index (χ4v) is 4.92. The summed E-state index contributed by atoms with van der Waals surface area (Å²) in [6, 6.07) is 1.22. The molecule has 2 bridgehead atoms. The highest BCUT2D eigenvalue weighted by Gasteiger charge is 2.70. The zero-order valence-corrected chi connectivity index (χ0v) is 20.8. The molecule has 10 heteroatoms. The highest BCUT2D eigenvalue weighted by Crippen LogP contribution is 2.51. The van der Waals surface area contributed by atoms with E-state index in [2.05, 4.69) is 0 Å². The van der Waals surface area contributed by atoms with E-state index in [1.165, 1.54) is 44.4 Å². The largest absolute Gasteiger partial charge is 0.496 e. The van der Waals surface area contributed by atoms with E-state index in [0.717, 1.165) is 0 Å². The second-order valence-corrected chi connectivity index (χ2v) is 9.25. The second-order valence-electron chi connectivity index (χ2n) is 9.25. The smallest absolute Gasteiger partial charge is 0.339 e. The summed E-state index contributed by atoms with van der Waals surface area (Å²) in [7, 11) is 1.44. The number of methoxy groups -OCH3 is 1. The van der Waals surface area contributed by atoms with Crippen molar-refractivity contribution in [2.24, 2.45) is 0 Å². The minimum Gasteiger partial charge on any atom is -0.496 e. The van der Waals surface area contributed by atoms with Gasteiger partial charge in [-0.15, -0.1) is 0 Å². The molecule has 1 aromatic heterocycles. The number of ether oxygens (including phenoxy) is 4. The molecule has 194 valence electrons. The van der Waals surface area contributed by atoms with Crippen LogP contribution in [0.3, 0.4) is 0 Å². The minimum atomic E-state index is -1.32. The summed E-state index contributed by atoms with van der Waals surface area (Å²) in [4.78, 5) is 23.4. The van der Waals surface area contributed by atoms with Gasteiger partial charge in [-0.05, 0) is 39.3 Å². The molecule has 1 aromatic rings. The third-order valence-corrected chi connectivity index (χ3v) is 6.73. The molecular formula is C25H34O10. The Morgan fingerprint density at radius 3 is 2.49 bits per heavy atom. The van der Waals surface area contributed by atoms with E-state index in [4.69, 9.17) is 23.4 Å². The number of esters is 1. The third kappa shape index (κ3) is 5.07. The Hall–Kier alpha value is -2.50. The molecule has 35 heavy (non-hydrogen) atoms. The van der Waals surface area contributed by atoms with Gasteiger partial charge in [0.05, 0.1) is 25.4 Å². The number of hydrogen-bond acceptors (Lipinski definition) is 10. The minimum absolute atomic E-state index is 0.227. The van der Waals surface area contributed by atoms with Gasteiger partial charge >= 0.3 is 11.6 Å². The molecule has 2 aliphatic rings. The van der Waals surface area contributed by atoms with Crippen molar-refractivity contribution in [3.63, 3.8) is 0 Å². The molecule has 2 unspecified atom stereocenters. The fraction of sp³-hybridized carbons (Fsp3) is 0.600. The van der Waals surface area contributed by atoms with E-state index in [-0.39, 0.29) is 5.76 Å². The molecule has 0 saturated carbocycles. The Morgan fingerprint density at radius 1 is 1.20 bits per heavy atom. The monoisotopic (exact) mass is 494 g/mol. The summed E-state index contributed by atoms with van der Waals surface area (Å²) >= 11 is 0. The first kappa shape index (κ1) is 27.1. The zero-order valence-electron chi connectivity index (χ0n) is 20.8. The first-order valence-electron chi connectivity index (χ1n) is 11.5. The van der Waals surface area contributed by atoms with E-state index >= 15 is 0 Å². The fourth-order valence-electron chi connectivity index (χ4n) is 4.92. The molecule has 10 nitrogen and oxygen atoms in total. The maximum absolute atomic E-state index is 11.7. The quantitative estimate of drug-likeness (QED) is 0.357. The number of aliphatic hydroxyl groups is 3. The Bertz CT molecular complexity index is 1040. The van der Waals surface area contributed by atoms with Crippen LogP contribution >= 0.6 is 0 Å². The van der Waals surface area contributed by atoms with Crippen LogP contribution in [-0.4, -0.2) is 76.2 Å². The maximum Gasteiger partial charge on any atom is 0.339 e. The number of carbonyl (C=O) groups is 1. The van der Waals surface area contributed by atoms with Crippen molar-refractivity contribution in [1.82, 2.24) is 0 Å². The summed E-state index contributed by atoms with van der Waals surface area (Å²) in [6.07, 6.45) is -0.251. The molecule has 3 rings (SSSR count). The summed E-state index contributed by atoms with van der Waals surface area (Å²) in [6.45, 7) is 8.24. The third-order valence-electron chi connectivity index (χ3n) is 6.73. The Kier molecular flexibility index (Phi) is 7.93. The van der Waals surface area contributed by atoms with Crippen LogP contribution < -0.4 is 10.4 Å². The Balaban J connectivity index is 1.77. The van der Waals surface area contributed by atoms with Crippen LogP contribution in [0, 0.1) is 6.92 Å². The van der Waals surface area contributed by atoms with Crippen LogP contribution in [0.1, 0.15) is 45.4 Å². The van der Waals surface area contributed by atoms with E-state index in [9.17, 15) is 24.9 Å². The van der Waals surface area contributed by atoms with Crippen molar-refractivity contribution < 1.29 is 43.5 Å². The van der Waals surface area contributed by atoms with Gasteiger partial charge in [0, 0.05) is 12.5 Å². The van der Waals surface area contributed by atoms with E-state index < -0.39 is 59.4 Å². The molecule has 0 aliphatic carbocycles. The molecule has 2 fully saturated rings. The van der Waals surface area contributed by atoms with Gasteiger partial charge in [0.25, 0.3) is 0 Å². The molecule has 0 amide bonds. The van der Waals surface area contributed by atoms with Crippen LogP contribution in [0.25, 0.3) is 6.08 Å². The van der Waals surface area contributed by atoms with Gasteiger partial charge in [-0.25, -0.2) is 4.79 Å². The Morgan fingerprint density at radius 2 is 1.89 bits per heavy atom. The average molecular weight is 495 g/mol. The standard InChI is InChI=1S/C25H34O10/c1-7-19-24(4)23(32-14(3)26)25(5,34-19)22(30)21(35-24)16(28)10-8-15(27)9-11-17-13(2)18(31-6)12-20(29)33-17/h8-12,15-16,19,21-23,27-28,30H,7H2,1-6H3/b10-8+,11-9+/t15?,16?,19-,21+,22+,23-,24+,25-/m1/s1.